The fourth-order valence-electron chi connectivity index (χ4n) is 2.29. The van der Waals surface area contributed by atoms with Gasteiger partial charge < -0.3 is 5.73 Å². The Labute approximate surface area is 100 Å². The molecular formula is C13H18BrN. The predicted molar refractivity (Wildman–Crippen MR) is 67.8 cm³/mol. The lowest BCUT2D eigenvalue weighted by molar-refractivity contribution is 0.583. The molecule has 2 rings (SSSR count). The number of rotatable bonds is 3. The molecule has 2 N–H and O–H groups in total. The number of nitrogens with two attached hydrogens (primary N) is 1. The Bertz CT molecular complexity index is 375. The van der Waals surface area contributed by atoms with Gasteiger partial charge in [0.05, 0.1) is 0 Å². The van der Waals surface area contributed by atoms with Crippen LogP contribution in [0.5, 0.6) is 0 Å². The maximum atomic E-state index is 6.40. The van der Waals surface area contributed by atoms with Gasteiger partial charge in [0.15, 0.2) is 0 Å². The van der Waals surface area contributed by atoms with Crippen molar-refractivity contribution in [3.8, 4) is 0 Å². The van der Waals surface area contributed by atoms with Crippen LogP contribution in [0.25, 0.3) is 0 Å². The first-order valence-corrected chi connectivity index (χ1v) is 6.42. The van der Waals surface area contributed by atoms with Crippen LogP contribution in [-0.4, -0.2) is 0 Å². The zero-order valence-corrected chi connectivity index (χ0v) is 11.0. The van der Waals surface area contributed by atoms with Crippen LogP contribution in [0, 0.1) is 12.8 Å². The Morgan fingerprint density at radius 1 is 1.53 bits per heavy atom. The van der Waals surface area contributed by atoms with Crippen molar-refractivity contribution in [1.29, 1.82) is 0 Å². The largest absolute Gasteiger partial charge is 0.321 e. The molecule has 1 fully saturated rings. The summed E-state index contributed by atoms with van der Waals surface area (Å²) in [4.78, 5) is 0. The van der Waals surface area contributed by atoms with Gasteiger partial charge in [-0.05, 0) is 42.9 Å². The Hall–Kier alpha value is -0.340. The van der Waals surface area contributed by atoms with Gasteiger partial charge in [0.1, 0.15) is 0 Å². The number of benzene rings is 1. The average Bonchev–Trinajstić information content (AvgIpc) is 2.84. The van der Waals surface area contributed by atoms with Gasteiger partial charge in [-0.25, -0.2) is 0 Å². The van der Waals surface area contributed by atoms with Crippen molar-refractivity contribution in [3.63, 3.8) is 0 Å². The molecule has 2 atom stereocenters. The van der Waals surface area contributed by atoms with Crippen molar-refractivity contribution in [2.45, 2.75) is 38.6 Å². The van der Waals surface area contributed by atoms with E-state index in [1.54, 1.807) is 0 Å². The SMILES string of the molecule is CCCC1CC1(N)c1ccc(C)c(Br)c1. The Balaban J connectivity index is 2.21. The highest BCUT2D eigenvalue weighted by Gasteiger charge is 2.51. The molecule has 0 amide bonds. The van der Waals surface area contributed by atoms with Crippen molar-refractivity contribution in [3.05, 3.63) is 33.8 Å². The third kappa shape index (κ3) is 1.98. The minimum Gasteiger partial charge on any atom is -0.321 e. The molecule has 1 aromatic rings. The summed E-state index contributed by atoms with van der Waals surface area (Å²) in [5.41, 5.74) is 8.92. The number of halogens is 1. The zero-order valence-electron chi connectivity index (χ0n) is 9.39. The maximum absolute atomic E-state index is 6.40. The smallest absolute Gasteiger partial charge is 0.0442 e. The van der Waals surface area contributed by atoms with Crippen LogP contribution in [-0.2, 0) is 5.54 Å². The predicted octanol–water partition coefficient (Wildman–Crippen LogP) is 3.73. The topological polar surface area (TPSA) is 26.0 Å². The van der Waals surface area contributed by atoms with E-state index in [-0.39, 0.29) is 5.54 Å². The lowest BCUT2D eigenvalue weighted by Crippen LogP contribution is -2.22. The van der Waals surface area contributed by atoms with Gasteiger partial charge >= 0.3 is 0 Å². The standard InChI is InChI=1S/C13H18BrN/c1-3-4-11-8-13(11,15)10-6-5-9(2)12(14)7-10/h5-7,11H,3-4,8,15H2,1-2H3. The second kappa shape index (κ2) is 3.91. The van der Waals surface area contributed by atoms with Gasteiger partial charge in [-0.15, -0.1) is 0 Å². The summed E-state index contributed by atoms with van der Waals surface area (Å²) < 4.78 is 1.17. The van der Waals surface area contributed by atoms with Crippen LogP contribution in [0.4, 0.5) is 0 Å². The van der Waals surface area contributed by atoms with E-state index in [2.05, 4.69) is 48.0 Å². The van der Waals surface area contributed by atoms with Gasteiger partial charge in [0.25, 0.3) is 0 Å². The van der Waals surface area contributed by atoms with E-state index in [1.165, 1.54) is 28.4 Å². The van der Waals surface area contributed by atoms with E-state index in [9.17, 15) is 0 Å². The summed E-state index contributed by atoms with van der Waals surface area (Å²) in [5, 5.41) is 0. The van der Waals surface area contributed by atoms with Crippen LogP contribution < -0.4 is 5.73 Å². The van der Waals surface area contributed by atoms with Crippen molar-refractivity contribution in [1.82, 2.24) is 0 Å². The van der Waals surface area contributed by atoms with Crippen LogP contribution >= 0.6 is 15.9 Å². The molecule has 0 heterocycles. The van der Waals surface area contributed by atoms with Crippen molar-refractivity contribution < 1.29 is 0 Å². The lowest BCUT2D eigenvalue weighted by atomic mass is 10.0. The third-order valence-electron chi connectivity index (χ3n) is 3.50. The fraction of sp³-hybridized carbons (Fsp3) is 0.538. The third-order valence-corrected chi connectivity index (χ3v) is 4.35. The fourth-order valence-corrected chi connectivity index (χ4v) is 2.67. The average molecular weight is 268 g/mol. The lowest BCUT2D eigenvalue weighted by Gasteiger charge is -2.13. The van der Waals surface area contributed by atoms with Crippen LogP contribution in [0.1, 0.15) is 37.3 Å². The van der Waals surface area contributed by atoms with Crippen LogP contribution in [0.15, 0.2) is 22.7 Å². The van der Waals surface area contributed by atoms with E-state index in [1.807, 2.05) is 0 Å². The Morgan fingerprint density at radius 2 is 2.27 bits per heavy atom. The molecule has 0 spiro atoms. The van der Waals surface area contributed by atoms with Crippen molar-refractivity contribution in [2.75, 3.05) is 0 Å². The summed E-state index contributed by atoms with van der Waals surface area (Å²) >= 11 is 3.57. The number of hydrogen-bond acceptors (Lipinski definition) is 1. The van der Waals surface area contributed by atoms with Crippen molar-refractivity contribution >= 4 is 15.9 Å². The summed E-state index contributed by atoms with van der Waals surface area (Å²) in [6.07, 6.45) is 3.63. The molecule has 0 aliphatic heterocycles. The van der Waals surface area contributed by atoms with Crippen LogP contribution in [0.2, 0.25) is 0 Å². The molecule has 1 aliphatic carbocycles. The van der Waals surface area contributed by atoms with Gasteiger partial charge in [0, 0.05) is 10.0 Å². The first-order chi connectivity index (χ1) is 7.08. The summed E-state index contributed by atoms with van der Waals surface area (Å²) in [6, 6.07) is 6.51. The Kier molecular flexibility index (Phi) is 2.91. The molecule has 0 saturated heterocycles. The number of hydrogen-bond donors (Lipinski definition) is 1. The van der Waals surface area contributed by atoms with E-state index in [4.69, 9.17) is 5.73 Å². The zero-order chi connectivity index (χ0) is 11.1. The minimum atomic E-state index is -0.0355. The molecule has 0 aromatic heterocycles. The van der Waals surface area contributed by atoms with Gasteiger partial charge in [0.2, 0.25) is 0 Å². The highest BCUT2D eigenvalue weighted by atomic mass is 79.9. The summed E-state index contributed by atoms with van der Waals surface area (Å²) in [5.74, 6) is 0.692. The highest BCUT2D eigenvalue weighted by Crippen LogP contribution is 2.52. The molecule has 1 aromatic carbocycles. The van der Waals surface area contributed by atoms with Gasteiger partial charge in [-0.3, -0.25) is 0 Å². The molecule has 0 radical (unpaired) electrons. The number of aryl methyl sites for hydroxylation is 1. The van der Waals surface area contributed by atoms with Crippen molar-refractivity contribution in [2.24, 2.45) is 11.7 Å². The molecule has 1 saturated carbocycles. The van der Waals surface area contributed by atoms with E-state index in [0.717, 1.165) is 6.42 Å². The second-order valence-electron chi connectivity index (χ2n) is 4.69. The summed E-state index contributed by atoms with van der Waals surface area (Å²) in [6.45, 7) is 4.33. The molecular weight excluding hydrogens is 250 g/mol. The van der Waals surface area contributed by atoms with E-state index < -0.39 is 0 Å². The molecule has 82 valence electrons. The van der Waals surface area contributed by atoms with E-state index >= 15 is 0 Å². The minimum absolute atomic E-state index is 0.0355. The molecule has 1 aliphatic rings. The molecule has 0 bridgehead atoms. The van der Waals surface area contributed by atoms with Gasteiger partial charge in [-0.2, -0.15) is 0 Å². The van der Waals surface area contributed by atoms with E-state index in [0.29, 0.717) is 5.92 Å². The molecule has 1 nitrogen and oxygen atoms in total. The first-order valence-electron chi connectivity index (χ1n) is 5.63. The normalized spacial score (nSPS) is 29.2. The first kappa shape index (κ1) is 11.2. The quantitative estimate of drug-likeness (QED) is 0.888. The molecule has 15 heavy (non-hydrogen) atoms. The monoisotopic (exact) mass is 267 g/mol. The highest BCUT2D eigenvalue weighted by molar-refractivity contribution is 9.10. The summed E-state index contributed by atoms with van der Waals surface area (Å²) in [7, 11) is 0. The Morgan fingerprint density at radius 3 is 2.87 bits per heavy atom. The van der Waals surface area contributed by atoms with Gasteiger partial charge in [-0.1, -0.05) is 41.4 Å². The maximum Gasteiger partial charge on any atom is 0.0442 e. The van der Waals surface area contributed by atoms with Crippen LogP contribution in [0.3, 0.4) is 0 Å². The molecule has 2 unspecified atom stereocenters. The molecule has 2 heteroatoms. The second-order valence-corrected chi connectivity index (χ2v) is 5.55.